The highest BCUT2D eigenvalue weighted by atomic mass is 16.4. The van der Waals surface area contributed by atoms with Gasteiger partial charge in [0.15, 0.2) is 0 Å². The third-order valence-electron chi connectivity index (χ3n) is 3.70. The number of aryl methyl sites for hydroxylation is 2. The number of hydrogen-bond acceptors (Lipinski definition) is 4. The SMILES string of the molecule is Cc1cc(C(=O)N2CCC(CC(=O)O)CC2)c(C)nn1. The normalized spacial score (nSPS) is 16.2. The standard InChI is InChI=1S/C14H19N3O3/c1-9-7-12(10(2)16-15-9)14(20)17-5-3-11(4-6-17)8-13(18)19/h7,11H,3-6,8H2,1-2H3,(H,18,19). The summed E-state index contributed by atoms with van der Waals surface area (Å²) in [5.41, 5.74) is 1.95. The second-order valence-electron chi connectivity index (χ2n) is 5.32. The van der Waals surface area contributed by atoms with Crippen molar-refractivity contribution in [3.05, 3.63) is 23.0 Å². The number of carboxylic acid groups (broad SMARTS) is 1. The summed E-state index contributed by atoms with van der Waals surface area (Å²) in [5.74, 6) is -0.621. The van der Waals surface area contributed by atoms with Gasteiger partial charge < -0.3 is 10.0 Å². The summed E-state index contributed by atoms with van der Waals surface area (Å²) in [7, 11) is 0. The van der Waals surface area contributed by atoms with Gasteiger partial charge in [0.2, 0.25) is 0 Å². The van der Waals surface area contributed by atoms with Crippen LogP contribution in [0.25, 0.3) is 0 Å². The van der Waals surface area contributed by atoms with Crippen molar-refractivity contribution in [2.75, 3.05) is 13.1 Å². The lowest BCUT2D eigenvalue weighted by Gasteiger charge is -2.31. The monoisotopic (exact) mass is 277 g/mol. The summed E-state index contributed by atoms with van der Waals surface area (Å²) >= 11 is 0. The Balaban J connectivity index is 2.01. The molecule has 20 heavy (non-hydrogen) atoms. The Hall–Kier alpha value is -1.98. The zero-order chi connectivity index (χ0) is 14.7. The zero-order valence-corrected chi connectivity index (χ0v) is 11.8. The molecule has 0 aliphatic carbocycles. The third-order valence-corrected chi connectivity index (χ3v) is 3.70. The van der Waals surface area contributed by atoms with E-state index in [2.05, 4.69) is 10.2 Å². The Bertz CT molecular complexity index is 522. The Labute approximate surface area is 117 Å². The molecule has 1 saturated heterocycles. The van der Waals surface area contributed by atoms with Crippen molar-refractivity contribution in [1.82, 2.24) is 15.1 Å². The first-order valence-corrected chi connectivity index (χ1v) is 6.79. The van der Waals surface area contributed by atoms with Crippen molar-refractivity contribution in [1.29, 1.82) is 0 Å². The predicted octanol–water partition coefficient (Wildman–Crippen LogP) is 1.42. The molecule has 1 N–H and O–H groups in total. The molecule has 2 rings (SSSR count). The highest BCUT2D eigenvalue weighted by Gasteiger charge is 2.26. The molecule has 0 unspecified atom stereocenters. The predicted molar refractivity (Wildman–Crippen MR) is 72.4 cm³/mol. The lowest BCUT2D eigenvalue weighted by Crippen LogP contribution is -2.39. The Morgan fingerprint density at radius 1 is 1.30 bits per heavy atom. The van der Waals surface area contributed by atoms with Crippen LogP contribution in [0.5, 0.6) is 0 Å². The second-order valence-corrected chi connectivity index (χ2v) is 5.32. The van der Waals surface area contributed by atoms with Gasteiger partial charge in [-0.3, -0.25) is 9.59 Å². The summed E-state index contributed by atoms with van der Waals surface area (Å²) in [6.07, 6.45) is 1.68. The molecule has 6 nitrogen and oxygen atoms in total. The topological polar surface area (TPSA) is 83.4 Å². The van der Waals surface area contributed by atoms with Crippen molar-refractivity contribution >= 4 is 11.9 Å². The van der Waals surface area contributed by atoms with E-state index in [1.165, 1.54) is 0 Å². The van der Waals surface area contributed by atoms with Gasteiger partial charge in [-0.1, -0.05) is 0 Å². The average molecular weight is 277 g/mol. The van der Waals surface area contributed by atoms with Gasteiger partial charge in [-0.15, -0.1) is 0 Å². The fraction of sp³-hybridized carbons (Fsp3) is 0.571. The molecule has 0 saturated carbocycles. The van der Waals surface area contributed by atoms with Crippen molar-refractivity contribution in [2.24, 2.45) is 5.92 Å². The maximum Gasteiger partial charge on any atom is 0.303 e. The molecule has 108 valence electrons. The number of amides is 1. The van der Waals surface area contributed by atoms with E-state index in [4.69, 9.17) is 5.11 Å². The second kappa shape index (κ2) is 5.98. The molecular formula is C14H19N3O3. The molecule has 0 aromatic carbocycles. The van der Waals surface area contributed by atoms with E-state index in [0.717, 1.165) is 18.5 Å². The molecule has 0 radical (unpaired) electrons. The summed E-state index contributed by atoms with van der Waals surface area (Å²) in [6, 6.07) is 1.76. The van der Waals surface area contributed by atoms with E-state index in [-0.39, 0.29) is 18.2 Å². The molecule has 0 atom stereocenters. The van der Waals surface area contributed by atoms with Crippen LogP contribution in [0.3, 0.4) is 0 Å². The maximum atomic E-state index is 12.4. The number of aliphatic carboxylic acids is 1. The molecule has 1 aromatic rings. The average Bonchev–Trinajstić information content (AvgIpc) is 2.41. The van der Waals surface area contributed by atoms with Gasteiger partial charge in [0, 0.05) is 19.5 Å². The summed E-state index contributed by atoms with van der Waals surface area (Å²) in [4.78, 5) is 24.9. The molecule has 1 amide bonds. The minimum absolute atomic E-state index is 0.0331. The van der Waals surface area contributed by atoms with Crippen LogP contribution in [0.2, 0.25) is 0 Å². The third kappa shape index (κ3) is 3.31. The molecule has 6 heteroatoms. The van der Waals surface area contributed by atoms with E-state index in [0.29, 0.717) is 24.3 Å². The Kier molecular flexibility index (Phi) is 4.32. The molecule has 1 aliphatic rings. The highest BCUT2D eigenvalue weighted by molar-refractivity contribution is 5.95. The number of carbonyl (C=O) groups excluding carboxylic acids is 1. The van der Waals surface area contributed by atoms with Crippen LogP contribution >= 0.6 is 0 Å². The smallest absolute Gasteiger partial charge is 0.303 e. The van der Waals surface area contributed by atoms with Crippen LogP contribution in [0.1, 0.15) is 41.0 Å². The first-order chi connectivity index (χ1) is 9.47. The minimum Gasteiger partial charge on any atom is -0.481 e. The summed E-state index contributed by atoms with van der Waals surface area (Å²) < 4.78 is 0. The zero-order valence-electron chi connectivity index (χ0n) is 11.8. The van der Waals surface area contributed by atoms with Crippen LogP contribution in [0.15, 0.2) is 6.07 Å². The first-order valence-electron chi connectivity index (χ1n) is 6.79. The number of hydrogen-bond donors (Lipinski definition) is 1. The fourth-order valence-electron chi connectivity index (χ4n) is 2.52. The summed E-state index contributed by atoms with van der Waals surface area (Å²) in [5, 5.41) is 16.7. The number of likely N-dealkylation sites (tertiary alicyclic amines) is 1. The minimum atomic E-state index is -0.764. The van der Waals surface area contributed by atoms with Gasteiger partial charge in [0.25, 0.3) is 5.91 Å². The number of rotatable bonds is 3. The first kappa shape index (κ1) is 14.4. The Morgan fingerprint density at radius 3 is 2.55 bits per heavy atom. The van der Waals surface area contributed by atoms with E-state index >= 15 is 0 Å². The number of aromatic nitrogens is 2. The fourth-order valence-corrected chi connectivity index (χ4v) is 2.52. The van der Waals surface area contributed by atoms with Gasteiger partial charge in [-0.2, -0.15) is 10.2 Å². The molecule has 2 heterocycles. The van der Waals surface area contributed by atoms with Crippen molar-refractivity contribution in [3.63, 3.8) is 0 Å². The number of nitrogens with zero attached hydrogens (tertiary/aromatic N) is 3. The molecule has 0 bridgehead atoms. The van der Waals surface area contributed by atoms with Crippen molar-refractivity contribution in [2.45, 2.75) is 33.1 Å². The quantitative estimate of drug-likeness (QED) is 0.903. The highest BCUT2D eigenvalue weighted by Crippen LogP contribution is 2.22. The summed E-state index contributed by atoms with van der Waals surface area (Å²) in [6.45, 7) is 4.80. The maximum absolute atomic E-state index is 12.4. The van der Waals surface area contributed by atoms with Gasteiger partial charge in [-0.25, -0.2) is 0 Å². The van der Waals surface area contributed by atoms with Crippen LogP contribution in [-0.4, -0.2) is 45.2 Å². The lowest BCUT2D eigenvalue weighted by atomic mass is 9.93. The van der Waals surface area contributed by atoms with Gasteiger partial charge in [-0.05, 0) is 38.7 Å². The molecule has 1 fully saturated rings. The largest absolute Gasteiger partial charge is 0.481 e. The molecular weight excluding hydrogens is 258 g/mol. The van der Waals surface area contributed by atoms with E-state index in [1.54, 1.807) is 17.9 Å². The van der Waals surface area contributed by atoms with E-state index < -0.39 is 5.97 Å². The Morgan fingerprint density at radius 2 is 1.95 bits per heavy atom. The molecule has 0 spiro atoms. The van der Waals surface area contributed by atoms with Gasteiger partial charge in [0.1, 0.15) is 0 Å². The molecule has 1 aliphatic heterocycles. The van der Waals surface area contributed by atoms with Crippen molar-refractivity contribution in [3.8, 4) is 0 Å². The number of carbonyl (C=O) groups is 2. The van der Waals surface area contributed by atoms with Gasteiger partial charge >= 0.3 is 5.97 Å². The van der Waals surface area contributed by atoms with Gasteiger partial charge in [0.05, 0.1) is 17.0 Å². The van der Waals surface area contributed by atoms with Crippen LogP contribution < -0.4 is 0 Å². The van der Waals surface area contributed by atoms with Crippen molar-refractivity contribution < 1.29 is 14.7 Å². The van der Waals surface area contributed by atoms with E-state index in [1.807, 2.05) is 6.92 Å². The van der Waals surface area contributed by atoms with Crippen LogP contribution in [0.4, 0.5) is 0 Å². The number of carboxylic acids is 1. The number of piperidine rings is 1. The lowest BCUT2D eigenvalue weighted by molar-refractivity contribution is -0.138. The van der Waals surface area contributed by atoms with Crippen LogP contribution in [0, 0.1) is 19.8 Å². The molecule has 1 aromatic heterocycles. The van der Waals surface area contributed by atoms with Crippen LogP contribution in [-0.2, 0) is 4.79 Å². The van der Waals surface area contributed by atoms with E-state index in [9.17, 15) is 9.59 Å².